The van der Waals surface area contributed by atoms with Gasteiger partial charge in [-0.15, -0.1) is 0 Å². The van der Waals surface area contributed by atoms with Gasteiger partial charge in [-0.2, -0.15) is 0 Å². The fourth-order valence-corrected chi connectivity index (χ4v) is 3.83. The molecule has 2 heterocycles. The molecule has 1 saturated heterocycles. The molecule has 3 aromatic rings. The second-order valence-corrected chi connectivity index (χ2v) is 7.58. The molecule has 30 heavy (non-hydrogen) atoms. The van der Waals surface area contributed by atoms with Crippen LogP contribution in [0, 0.1) is 0 Å². The fraction of sp³-hybridized carbons (Fsp3) is 0.136. The molecule has 1 aliphatic heterocycles. The lowest BCUT2D eigenvalue weighted by molar-refractivity contribution is -0.124. The number of amides is 2. The highest BCUT2D eigenvalue weighted by Gasteiger charge is 2.44. The minimum absolute atomic E-state index is 0.0500. The number of hydrogen-bond acceptors (Lipinski definition) is 4. The fourth-order valence-electron chi connectivity index (χ4n) is 3.32. The Kier molecular flexibility index (Phi) is 5.83. The number of furan rings is 1. The molecule has 0 bridgehead atoms. The normalized spacial score (nSPS) is 16.2. The standard InChI is InChI=1S/C22H18ClN3O3S/c23-15-8-10-16(11-9-15)24-20(27)13-19-21(28)26(17-5-2-1-3-6-17)22(30)25(19)14-18-7-4-12-29-18/h1-12,19H,13-14H2,(H,24,27). The van der Waals surface area contributed by atoms with Gasteiger partial charge in [-0.05, 0) is 60.7 Å². The molecule has 1 aliphatic rings. The topological polar surface area (TPSA) is 65.8 Å². The van der Waals surface area contributed by atoms with Crippen molar-refractivity contribution in [2.75, 3.05) is 10.2 Å². The number of carbonyl (C=O) groups is 2. The van der Waals surface area contributed by atoms with Crippen molar-refractivity contribution in [3.63, 3.8) is 0 Å². The first-order chi connectivity index (χ1) is 14.5. The van der Waals surface area contributed by atoms with E-state index < -0.39 is 6.04 Å². The van der Waals surface area contributed by atoms with E-state index in [0.717, 1.165) is 0 Å². The SMILES string of the molecule is O=C(CC1C(=O)N(c2ccccc2)C(=S)N1Cc1ccco1)Nc1ccc(Cl)cc1. The first kappa shape index (κ1) is 20.1. The van der Waals surface area contributed by atoms with E-state index in [1.54, 1.807) is 41.5 Å². The molecule has 2 amide bonds. The summed E-state index contributed by atoms with van der Waals surface area (Å²) in [6.07, 6.45) is 1.51. The van der Waals surface area contributed by atoms with Crippen molar-refractivity contribution in [2.24, 2.45) is 0 Å². The molecular formula is C22H18ClN3O3S. The van der Waals surface area contributed by atoms with Crippen molar-refractivity contribution in [3.05, 3.63) is 83.8 Å². The van der Waals surface area contributed by atoms with Gasteiger partial charge in [0, 0.05) is 10.7 Å². The van der Waals surface area contributed by atoms with Gasteiger partial charge in [-0.1, -0.05) is 29.8 Å². The zero-order chi connectivity index (χ0) is 21.1. The molecule has 0 saturated carbocycles. The highest BCUT2D eigenvalue weighted by Crippen LogP contribution is 2.29. The first-order valence-electron chi connectivity index (χ1n) is 9.30. The van der Waals surface area contributed by atoms with Crippen LogP contribution in [0.2, 0.25) is 5.02 Å². The highest BCUT2D eigenvalue weighted by molar-refractivity contribution is 7.80. The van der Waals surface area contributed by atoms with Crippen LogP contribution in [0.15, 0.2) is 77.4 Å². The van der Waals surface area contributed by atoms with Gasteiger partial charge in [0.2, 0.25) is 5.91 Å². The van der Waals surface area contributed by atoms with Crippen molar-refractivity contribution < 1.29 is 14.0 Å². The van der Waals surface area contributed by atoms with E-state index in [0.29, 0.717) is 33.8 Å². The molecular weight excluding hydrogens is 422 g/mol. The molecule has 1 unspecified atom stereocenters. The third kappa shape index (κ3) is 4.22. The monoisotopic (exact) mass is 439 g/mol. The summed E-state index contributed by atoms with van der Waals surface area (Å²) in [7, 11) is 0. The lowest BCUT2D eigenvalue weighted by Crippen LogP contribution is -2.37. The molecule has 6 nitrogen and oxygen atoms in total. The second kappa shape index (κ2) is 8.69. The third-order valence-electron chi connectivity index (χ3n) is 4.75. The quantitative estimate of drug-likeness (QED) is 0.574. The summed E-state index contributed by atoms with van der Waals surface area (Å²) < 4.78 is 5.44. The number of benzene rings is 2. The van der Waals surface area contributed by atoms with Gasteiger partial charge in [-0.3, -0.25) is 14.5 Å². The maximum absolute atomic E-state index is 13.3. The Morgan fingerprint density at radius 1 is 1.07 bits per heavy atom. The lowest BCUT2D eigenvalue weighted by atomic mass is 10.1. The van der Waals surface area contributed by atoms with E-state index in [2.05, 4.69) is 5.32 Å². The average Bonchev–Trinajstić information content (AvgIpc) is 3.33. The smallest absolute Gasteiger partial charge is 0.256 e. The second-order valence-electron chi connectivity index (χ2n) is 6.77. The molecule has 1 N–H and O–H groups in total. The van der Waals surface area contributed by atoms with Gasteiger partial charge in [0.25, 0.3) is 5.91 Å². The molecule has 2 aromatic carbocycles. The Bertz CT molecular complexity index is 1060. The van der Waals surface area contributed by atoms with Gasteiger partial charge in [0.15, 0.2) is 5.11 Å². The largest absolute Gasteiger partial charge is 0.467 e. The minimum atomic E-state index is -0.741. The number of halogens is 1. The molecule has 0 aliphatic carbocycles. The van der Waals surface area contributed by atoms with Crippen LogP contribution in [0.4, 0.5) is 11.4 Å². The zero-order valence-electron chi connectivity index (χ0n) is 15.8. The Labute approximate surface area is 184 Å². The third-order valence-corrected chi connectivity index (χ3v) is 5.42. The van der Waals surface area contributed by atoms with Crippen LogP contribution in [0.5, 0.6) is 0 Å². The van der Waals surface area contributed by atoms with Crippen LogP contribution in [0.1, 0.15) is 12.2 Å². The molecule has 152 valence electrons. The zero-order valence-corrected chi connectivity index (χ0v) is 17.4. The Hall–Kier alpha value is -3.16. The molecule has 8 heteroatoms. The van der Waals surface area contributed by atoms with Gasteiger partial charge < -0.3 is 14.6 Å². The van der Waals surface area contributed by atoms with Crippen LogP contribution in [-0.2, 0) is 16.1 Å². The number of para-hydroxylation sites is 1. The Morgan fingerprint density at radius 3 is 2.47 bits per heavy atom. The highest BCUT2D eigenvalue weighted by atomic mass is 35.5. The van der Waals surface area contributed by atoms with Crippen LogP contribution < -0.4 is 10.2 Å². The van der Waals surface area contributed by atoms with Crippen molar-refractivity contribution in [1.82, 2.24) is 4.90 Å². The predicted molar refractivity (Wildman–Crippen MR) is 119 cm³/mol. The van der Waals surface area contributed by atoms with Gasteiger partial charge in [0.05, 0.1) is 24.9 Å². The summed E-state index contributed by atoms with van der Waals surface area (Å²) in [4.78, 5) is 29.1. The number of anilines is 2. The molecule has 1 atom stereocenters. The van der Waals surface area contributed by atoms with Gasteiger partial charge in [0.1, 0.15) is 11.8 Å². The average molecular weight is 440 g/mol. The molecule has 0 radical (unpaired) electrons. The number of thiocarbonyl (C=S) groups is 1. The van der Waals surface area contributed by atoms with Gasteiger partial charge >= 0.3 is 0 Å². The van der Waals surface area contributed by atoms with E-state index in [9.17, 15) is 9.59 Å². The summed E-state index contributed by atoms with van der Waals surface area (Å²) in [5.41, 5.74) is 1.27. The van der Waals surface area contributed by atoms with Crippen molar-refractivity contribution in [2.45, 2.75) is 19.0 Å². The van der Waals surface area contributed by atoms with Crippen molar-refractivity contribution in [1.29, 1.82) is 0 Å². The van der Waals surface area contributed by atoms with E-state index >= 15 is 0 Å². The maximum Gasteiger partial charge on any atom is 0.256 e. The lowest BCUT2D eigenvalue weighted by Gasteiger charge is -2.22. The van der Waals surface area contributed by atoms with Crippen molar-refractivity contribution >= 4 is 52.1 Å². The number of nitrogens with one attached hydrogen (secondary N) is 1. The predicted octanol–water partition coefficient (Wildman–Crippen LogP) is 4.46. The Morgan fingerprint density at radius 2 is 1.80 bits per heavy atom. The summed E-state index contributed by atoms with van der Waals surface area (Å²) >= 11 is 11.5. The number of hydrogen-bond donors (Lipinski definition) is 1. The van der Waals surface area contributed by atoms with E-state index in [1.807, 2.05) is 36.4 Å². The molecule has 1 fully saturated rings. The molecule has 0 spiro atoms. The summed E-state index contributed by atoms with van der Waals surface area (Å²) in [6.45, 7) is 0.291. The molecule has 4 rings (SSSR count). The van der Waals surface area contributed by atoms with Crippen LogP contribution >= 0.6 is 23.8 Å². The van der Waals surface area contributed by atoms with E-state index in [-0.39, 0.29) is 18.2 Å². The van der Waals surface area contributed by atoms with Crippen LogP contribution in [0.25, 0.3) is 0 Å². The summed E-state index contributed by atoms with van der Waals surface area (Å²) in [5, 5.41) is 3.72. The first-order valence-corrected chi connectivity index (χ1v) is 10.1. The van der Waals surface area contributed by atoms with Crippen molar-refractivity contribution in [3.8, 4) is 0 Å². The molecule has 1 aromatic heterocycles. The number of rotatable bonds is 6. The van der Waals surface area contributed by atoms with Gasteiger partial charge in [-0.25, -0.2) is 0 Å². The minimum Gasteiger partial charge on any atom is -0.467 e. The van der Waals surface area contributed by atoms with E-state index in [1.165, 1.54) is 4.90 Å². The van der Waals surface area contributed by atoms with Crippen LogP contribution in [-0.4, -0.2) is 27.9 Å². The summed E-state index contributed by atoms with van der Waals surface area (Å²) in [6, 6.07) is 18.8. The number of nitrogens with zero attached hydrogens (tertiary/aromatic N) is 2. The van der Waals surface area contributed by atoms with E-state index in [4.69, 9.17) is 28.2 Å². The maximum atomic E-state index is 13.3. The Balaban J connectivity index is 1.57. The van der Waals surface area contributed by atoms with Crippen LogP contribution in [0.3, 0.4) is 0 Å². The number of carbonyl (C=O) groups excluding carboxylic acids is 2. The summed E-state index contributed by atoms with van der Waals surface area (Å²) in [5.74, 6) is 0.116.